The van der Waals surface area contributed by atoms with Gasteiger partial charge in [0.1, 0.15) is 30.8 Å². The quantitative estimate of drug-likeness (QED) is 0.0430. The highest BCUT2D eigenvalue weighted by atomic mass is 32.1. The number of morpholine rings is 1. The number of unbranched alkanes of at least 4 members (excludes halogenated alkanes) is 3. The van der Waals surface area contributed by atoms with Gasteiger partial charge < -0.3 is 39.7 Å². The number of ether oxygens (including phenoxy) is 2. The number of rotatable bonds is 16. The molecule has 23 heteroatoms. The topological polar surface area (TPSA) is 258 Å². The van der Waals surface area contributed by atoms with Gasteiger partial charge in [0.05, 0.1) is 35.3 Å². The van der Waals surface area contributed by atoms with Gasteiger partial charge in [0.15, 0.2) is 0 Å². The first-order valence-corrected chi connectivity index (χ1v) is 27.2. The molecule has 8 rings (SSSR count). The minimum absolute atomic E-state index is 0.0200. The van der Waals surface area contributed by atoms with Gasteiger partial charge in [0.25, 0.3) is 17.7 Å². The number of alkyl halides is 2. The van der Waals surface area contributed by atoms with Crippen molar-refractivity contribution >= 4 is 76.3 Å². The molecule has 402 valence electrons. The number of hydrogen-bond acceptors (Lipinski definition) is 12. The van der Waals surface area contributed by atoms with Crippen LogP contribution in [-0.4, -0.2) is 135 Å². The molecule has 0 spiro atoms. The van der Waals surface area contributed by atoms with Crippen LogP contribution in [0.3, 0.4) is 0 Å². The van der Waals surface area contributed by atoms with Crippen molar-refractivity contribution in [2.24, 2.45) is 5.41 Å². The molecule has 4 aliphatic rings. The minimum atomic E-state index is -5.86. The van der Waals surface area contributed by atoms with Gasteiger partial charge >= 0.3 is 13.3 Å². The van der Waals surface area contributed by atoms with Gasteiger partial charge in [-0.15, -0.1) is 11.3 Å². The van der Waals surface area contributed by atoms with Crippen molar-refractivity contribution in [1.29, 1.82) is 0 Å². The number of hydrogen-bond donors (Lipinski definition) is 5. The second kappa shape index (κ2) is 22.9. The molecule has 3 fully saturated rings. The molecular formula is C53H57F2N6O13PS. The molecule has 5 heterocycles. The Hall–Kier alpha value is -6.73. The second-order valence-corrected chi connectivity index (χ2v) is 22.9. The number of amides is 8. The lowest BCUT2D eigenvalue weighted by molar-refractivity contribution is -0.150. The lowest BCUT2D eigenvalue weighted by atomic mass is 9.85. The molecule has 0 saturated carbocycles. The molecule has 5 N–H and O–H groups in total. The van der Waals surface area contributed by atoms with Crippen LogP contribution in [0.4, 0.5) is 8.78 Å². The zero-order valence-electron chi connectivity index (χ0n) is 41.8. The van der Waals surface area contributed by atoms with Crippen LogP contribution in [0.5, 0.6) is 0 Å². The Morgan fingerprint density at radius 3 is 2.42 bits per heavy atom. The van der Waals surface area contributed by atoms with Crippen molar-refractivity contribution in [1.82, 2.24) is 30.7 Å². The van der Waals surface area contributed by atoms with E-state index in [4.69, 9.17) is 9.47 Å². The lowest BCUT2D eigenvalue weighted by Crippen LogP contribution is -2.58. The van der Waals surface area contributed by atoms with Crippen molar-refractivity contribution in [2.45, 2.75) is 102 Å². The van der Waals surface area contributed by atoms with Crippen molar-refractivity contribution < 1.29 is 71.0 Å². The second-order valence-electron chi connectivity index (χ2n) is 20.1. The zero-order chi connectivity index (χ0) is 54.7. The van der Waals surface area contributed by atoms with E-state index in [-0.39, 0.29) is 79.4 Å². The van der Waals surface area contributed by atoms with E-state index in [1.807, 2.05) is 30.3 Å². The standard InChI is InChI=1S/C53H57F2N6O13PS/c1-52(2,3)45(58-47(65)42-26-33-25-34(16-19-41(33)76-42)53(54,55)75(70,71)72)51(69)60-28-35(27-39(60)50(68)59-22-23-73-40(29-59)32-13-9-7-10-14-32)74-30-44(63)56-21-11-6-4-5-8-12-31-15-17-36-37(24-31)49(67)61(48(36)66)38-18-20-43(62)57-46(38)64/h7,9-10,13-17,19,24-26,35,38-40,45H,4-6,11,18,20-23,27-30H2,1-3H3,(H,56,63)(H,58,65)(H,57,62,64)(H2,70,71,72)/t35-,38?,39-,40-,45+/m0/s1. The molecular weight excluding hydrogens is 1030 g/mol. The maximum Gasteiger partial charge on any atom is 0.399 e. The van der Waals surface area contributed by atoms with Crippen LogP contribution < -0.4 is 16.0 Å². The van der Waals surface area contributed by atoms with E-state index in [2.05, 4.69) is 27.8 Å². The van der Waals surface area contributed by atoms with Crippen LogP contribution in [0, 0.1) is 17.3 Å². The molecule has 19 nitrogen and oxygen atoms in total. The summed E-state index contributed by atoms with van der Waals surface area (Å²) in [7, 11) is -5.86. The van der Waals surface area contributed by atoms with Gasteiger partial charge in [-0.25, -0.2) is 0 Å². The first kappa shape index (κ1) is 55.5. The number of imide groups is 2. The number of piperidine rings is 1. The summed E-state index contributed by atoms with van der Waals surface area (Å²) >= 11 is 0.934. The average Bonchev–Trinajstić information content (AvgIpc) is 4.09. The molecule has 1 unspecified atom stereocenters. The predicted octanol–water partition coefficient (Wildman–Crippen LogP) is 4.99. The van der Waals surface area contributed by atoms with Gasteiger partial charge in [-0.05, 0) is 72.0 Å². The highest BCUT2D eigenvalue weighted by molar-refractivity contribution is 7.52. The Bertz CT molecular complexity index is 3080. The molecule has 3 aromatic carbocycles. The molecule has 0 bridgehead atoms. The zero-order valence-corrected chi connectivity index (χ0v) is 43.6. The summed E-state index contributed by atoms with van der Waals surface area (Å²) in [5.41, 5.74) is -4.62. The molecule has 4 aromatic rings. The van der Waals surface area contributed by atoms with Crippen molar-refractivity contribution in [3.63, 3.8) is 0 Å². The fraction of sp³-hybridized carbons (Fsp3) is 0.434. The summed E-state index contributed by atoms with van der Waals surface area (Å²) < 4.78 is 53.2. The number of fused-ring (bicyclic) bond motifs is 2. The Kier molecular flexibility index (Phi) is 16.7. The largest absolute Gasteiger partial charge is 0.399 e. The molecule has 5 atom stereocenters. The third-order valence-electron chi connectivity index (χ3n) is 13.6. The molecule has 4 aliphatic heterocycles. The Labute approximate surface area is 440 Å². The van der Waals surface area contributed by atoms with Crippen LogP contribution in [0.25, 0.3) is 10.1 Å². The fourth-order valence-corrected chi connectivity index (χ4v) is 11.0. The lowest BCUT2D eigenvalue weighted by Gasteiger charge is -2.38. The Balaban J connectivity index is 0.861. The summed E-state index contributed by atoms with van der Waals surface area (Å²) in [5.74, 6) is 1.64. The number of likely N-dealkylation sites (tertiary alicyclic amines) is 1. The molecule has 1 aromatic heterocycles. The van der Waals surface area contributed by atoms with E-state index >= 15 is 0 Å². The van der Waals surface area contributed by atoms with Crippen LogP contribution >= 0.6 is 18.9 Å². The summed E-state index contributed by atoms with van der Waals surface area (Å²) in [5, 5.41) is 7.94. The number of nitrogens with one attached hydrogen (secondary N) is 3. The van der Waals surface area contributed by atoms with Crippen molar-refractivity contribution in [3.05, 3.63) is 105 Å². The summed E-state index contributed by atoms with van der Waals surface area (Å²) in [6.07, 6.45) is 1.51. The first-order valence-electron chi connectivity index (χ1n) is 24.8. The van der Waals surface area contributed by atoms with E-state index in [1.54, 1.807) is 31.7 Å². The highest BCUT2D eigenvalue weighted by Gasteiger charge is 2.51. The number of thiophene rings is 1. The maximum absolute atomic E-state index is 14.8. The van der Waals surface area contributed by atoms with Crippen LogP contribution in [0.15, 0.2) is 72.8 Å². The Morgan fingerprint density at radius 2 is 1.70 bits per heavy atom. The minimum Gasteiger partial charge on any atom is -0.370 e. The first-order chi connectivity index (χ1) is 36.0. The molecule has 76 heavy (non-hydrogen) atoms. The van der Waals surface area contributed by atoms with Gasteiger partial charge in [0, 0.05) is 54.7 Å². The van der Waals surface area contributed by atoms with Gasteiger partial charge in [-0.1, -0.05) is 75.4 Å². The van der Waals surface area contributed by atoms with Crippen LogP contribution in [0.2, 0.25) is 0 Å². The van der Waals surface area contributed by atoms with Crippen LogP contribution in [0.1, 0.15) is 119 Å². The van der Waals surface area contributed by atoms with E-state index in [0.29, 0.717) is 36.1 Å². The average molecular weight is 1090 g/mol. The third-order valence-corrected chi connectivity index (χ3v) is 15.8. The monoisotopic (exact) mass is 1090 g/mol. The summed E-state index contributed by atoms with van der Waals surface area (Å²) in [4.78, 5) is 129. The number of nitrogens with zero attached hydrogens (tertiary/aromatic N) is 3. The van der Waals surface area contributed by atoms with Crippen LogP contribution in [-0.2, 0) is 43.7 Å². The van der Waals surface area contributed by atoms with E-state index in [9.17, 15) is 61.5 Å². The van der Waals surface area contributed by atoms with Gasteiger partial charge in [-0.3, -0.25) is 53.1 Å². The normalized spacial score (nSPS) is 20.5. The fourth-order valence-electron chi connectivity index (χ4n) is 9.55. The number of carbonyl (C=O) groups is 8. The smallest absolute Gasteiger partial charge is 0.370 e. The highest BCUT2D eigenvalue weighted by Crippen LogP contribution is 2.59. The van der Waals surface area contributed by atoms with Gasteiger partial charge in [-0.2, -0.15) is 8.78 Å². The van der Waals surface area contributed by atoms with Crippen molar-refractivity contribution in [2.75, 3.05) is 39.4 Å². The Morgan fingerprint density at radius 1 is 0.947 bits per heavy atom. The summed E-state index contributed by atoms with van der Waals surface area (Å²) in [6.45, 7) is 5.79. The number of benzene rings is 3. The molecule has 0 radical (unpaired) electrons. The van der Waals surface area contributed by atoms with Gasteiger partial charge in [0.2, 0.25) is 29.5 Å². The molecule has 0 aliphatic carbocycles. The SMILES string of the molecule is CC(C)(C)[C@H](NC(=O)c1cc2cc(C(F)(F)P(=O)(O)O)ccc2s1)C(=O)N1C[C@@H](OCC(=O)NCCCCCC#Cc2ccc3c(c2)C(=O)N(C2CCC(=O)NC2=O)C3=O)C[C@H]1C(=O)N1CCO[C@H](c2ccccc2)C1. The number of halogens is 2. The van der Waals surface area contributed by atoms with E-state index < -0.39 is 95.9 Å². The predicted molar refractivity (Wildman–Crippen MR) is 272 cm³/mol. The summed E-state index contributed by atoms with van der Waals surface area (Å²) in [6, 6.07) is 15.0. The maximum atomic E-state index is 14.8. The van der Waals surface area contributed by atoms with E-state index in [1.165, 1.54) is 29.2 Å². The van der Waals surface area contributed by atoms with E-state index in [0.717, 1.165) is 40.4 Å². The molecule has 3 saturated heterocycles. The third kappa shape index (κ3) is 12.3. The number of carbonyl (C=O) groups excluding carboxylic acids is 8. The molecule has 8 amide bonds. The van der Waals surface area contributed by atoms with Crippen molar-refractivity contribution in [3.8, 4) is 11.8 Å².